The molecule has 1 aromatic rings. The molecule has 21 heavy (non-hydrogen) atoms. The molecule has 1 fully saturated rings. The van der Waals surface area contributed by atoms with Crippen LogP contribution >= 0.6 is 0 Å². The molecule has 0 radical (unpaired) electrons. The van der Waals surface area contributed by atoms with Crippen molar-refractivity contribution in [3.63, 3.8) is 0 Å². The van der Waals surface area contributed by atoms with Crippen molar-refractivity contribution >= 4 is 29.2 Å². The van der Waals surface area contributed by atoms with Crippen molar-refractivity contribution in [1.29, 1.82) is 0 Å². The third kappa shape index (κ3) is 3.07. The first kappa shape index (κ1) is 14.7. The Hall–Kier alpha value is -2.71. The van der Waals surface area contributed by atoms with Gasteiger partial charge in [-0.05, 0) is 25.3 Å². The van der Waals surface area contributed by atoms with Crippen LogP contribution in [-0.4, -0.2) is 29.3 Å². The molecule has 1 N–H and O–H groups in total. The first-order valence-corrected chi connectivity index (χ1v) is 6.46. The maximum absolute atomic E-state index is 11.2. The second-order valence-electron chi connectivity index (χ2n) is 4.68. The molecule has 1 saturated heterocycles. The van der Waals surface area contributed by atoms with Crippen molar-refractivity contribution in [2.24, 2.45) is 0 Å². The van der Waals surface area contributed by atoms with Crippen molar-refractivity contribution in [2.75, 3.05) is 23.3 Å². The Balaban J connectivity index is 2.55. The van der Waals surface area contributed by atoms with E-state index in [1.807, 2.05) is 4.90 Å². The zero-order valence-corrected chi connectivity index (χ0v) is 11.2. The third-order valence-corrected chi connectivity index (χ3v) is 3.40. The maximum Gasteiger partial charge on any atom is 0.299 e. The Morgan fingerprint density at radius 1 is 1.05 bits per heavy atom. The number of nitrogens with one attached hydrogen (secondary N) is 1. The molecule has 1 aromatic carbocycles. The van der Waals surface area contributed by atoms with E-state index in [2.05, 4.69) is 5.32 Å². The Morgan fingerprint density at radius 2 is 1.67 bits per heavy atom. The molecular weight excluding hydrogens is 280 g/mol. The lowest BCUT2D eigenvalue weighted by molar-refractivity contribution is -0.393. The van der Waals surface area contributed by atoms with Gasteiger partial charge in [-0.1, -0.05) is 0 Å². The normalized spacial score (nSPS) is 14.6. The molecule has 2 rings (SSSR count). The quantitative estimate of drug-likeness (QED) is 0.504. The Bertz CT molecular complexity index is 583. The number of nitrogens with zero attached hydrogens (tertiary/aromatic N) is 3. The van der Waals surface area contributed by atoms with E-state index < -0.39 is 15.5 Å². The van der Waals surface area contributed by atoms with Crippen LogP contribution in [0.3, 0.4) is 0 Å². The van der Waals surface area contributed by atoms with Crippen molar-refractivity contribution in [3.8, 4) is 0 Å². The molecule has 0 atom stereocenters. The highest BCUT2D eigenvalue weighted by Crippen LogP contribution is 2.38. The van der Waals surface area contributed by atoms with Gasteiger partial charge in [0.15, 0.2) is 0 Å². The Morgan fingerprint density at radius 3 is 2.19 bits per heavy atom. The topological polar surface area (TPSA) is 119 Å². The predicted molar refractivity (Wildman–Crippen MR) is 75.5 cm³/mol. The van der Waals surface area contributed by atoms with E-state index >= 15 is 0 Å². The highest BCUT2D eigenvalue weighted by atomic mass is 16.6. The monoisotopic (exact) mass is 294 g/mol. The Labute approximate surface area is 119 Å². The molecule has 0 unspecified atom stereocenters. The second-order valence-corrected chi connectivity index (χ2v) is 4.68. The van der Waals surface area contributed by atoms with Crippen molar-refractivity contribution in [2.45, 2.75) is 19.3 Å². The predicted octanol–water partition coefficient (Wildman–Crippen LogP) is 2.06. The Kier molecular flexibility index (Phi) is 4.31. The number of hydrogen-bond acceptors (Lipinski definition) is 6. The van der Waals surface area contributed by atoms with Gasteiger partial charge in [0.2, 0.25) is 6.41 Å². The summed E-state index contributed by atoms with van der Waals surface area (Å²) < 4.78 is 0. The molecular formula is C12H14N4O5. The lowest BCUT2D eigenvalue weighted by atomic mass is 10.1. The fourth-order valence-corrected chi connectivity index (χ4v) is 2.43. The lowest BCUT2D eigenvalue weighted by Gasteiger charge is -2.28. The molecule has 1 heterocycles. The summed E-state index contributed by atoms with van der Waals surface area (Å²) >= 11 is 0. The molecule has 0 aromatic heterocycles. The van der Waals surface area contributed by atoms with Gasteiger partial charge in [0, 0.05) is 13.1 Å². The van der Waals surface area contributed by atoms with Gasteiger partial charge in [0.25, 0.3) is 11.4 Å². The molecule has 0 bridgehead atoms. The van der Waals surface area contributed by atoms with Crippen LogP contribution in [0.25, 0.3) is 0 Å². The van der Waals surface area contributed by atoms with Gasteiger partial charge in [-0.2, -0.15) is 0 Å². The van der Waals surface area contributed by atoms with Crippen molar-refractivity contribution in [1.82, 2.24) is 0 Å². The molecule has 9 nitrogen and oxygen atoms in total. The number of anilines is 2. The van der Waals surface area contributed by atoms with Crippen LogP contribution < -0.4 is 10.2 Å². The van der Waals surface area contributed by atoms with Crippen LogP contribution in [0, 0.1) is 20.2 Å². The van der Waals surface area contributed by atoms with E-state index in [1.165, 1.54) is 6.07 Å². The van der Waals surface area contributed by atoms with Gasteiger partial charge in [0.1, 0.15) is 11.4 Å². The van der Waals surface area contributed by atoms with Gasteiger partial charge in [0.05, 0.1) is 15.9 Å². The number of piperidine rings is 1. The summed E-state index contributed by atoms with van der Waals surface area (Å²) in [4.78, 5) is 33.2. The number of nitro benzene ring substituents is 2. The van der Waals surface area contributed by atoms with Gasteiger partial charge in [-0.25, -0.2) is 0 Å². The lowest BCUT2D eigenvalue weighted by Crippen LogP contribution is -2.30. The summed E-state index contributed by atoms with van der Waals surface area (Å²) in [5.74, 6) is 0. The zero-order chi connectivity index (χ0) is 15.4. The number of amides is 1. The summed E-state index contributed by atoms with van der Waals surface area (Å²) in [5.41, 5.74) is -0.551. The van der Waals surface area contributed by atoms with E-state index in [0.717, 1.165) is 25.3 Å². The van der Waals surface area contributed by atoms with Gasteiger partial charge >= 0.3 is 0 Å². The summed E-state index contributed by atoms with van der Waals surface area (Å²) in [6.45, 7) is 1.30. The van der Waals surface area contributed by atoms with Crippen LogP contribution in [0.2, 0.25) is 0 Å². The zero-order valence-electron chi connectivity index (χ0n) is 11.2. The maximum atomic E-state index is 11.2. The first-order chi connectivity index (χ1) is 10.0. The molecule has 9 heteroatoms. The highest BCUT2D eigenvalue weighted by molar-refractivity contribution is 5.84. The minimum absolute atomic E-state index is 0.0406. The molecule has 0 aliphatic carbocycles. The van der Waals surface area contributed by atoms with E-state index in [9.17, 15) is 25.0 Å². The number of carbonyl (C=O) groups is 1. The largest absolute Gasteiger partial charge is 0.366 e. The summed E-state index contributed by atoms with van der Waals surface area (Å²) in [6.07, 6.45) is 3.18. The van der Waals surface area contributed by atoms with Gasteiger partial charge in [-0.15, -0.1) is 0 Å². The second kappa shape index (κ2) is 6.16. The summed E-state index contributed by atoms with van der Waals surface area (Å²) in [7, 11) is 0. The molecule has 112 valence electrons. The number of carbonyl (C=O) groups excluding carboxylic acids is 1. The number of nitro groups is 2. The van der Waals surface area contributed by atoms with E-state index in [0.29, 0.717) is 25.2 Å². The number of hydrogen-bond donors (Lipinski definition) is 1. The average molecular weight is 294 g/mol. The molecule has 0 saturated carbocycles. The minimum atomic E-state index is -0.751. The highest BCUT2D eigenvalue weighted by Gasteiger charge is 2.28. The van der Waals surface area contributed by atoms with E-state index in [1.54, 1.807) is 0 Å². The average Bonchev–Trinajstić information content (AvgIpc) is 2.47. The fourth-order valence-electron chi connectivity index (χ4n) is 2.43. The first-order valence-electron chi connectivity index (χ1n) is 6.46. The standard InChI is InChI=1S/C12H14N4O5/c17-8-13-9-6-11(14-4-2-1-3-5-14)12(16(20)21)7-10(9)15(18)19/h6-8H,1-5H2,(H,13,17). The van der Waals surface area contributed by atoms with Gasteiger partial charge < -0.3 is 10.2 Å². The molecule has 1 amide bonds. The summed E-state index contributed by atoms with van der Waals surface area (Å²) in [6, 6.07) is 2.20. The van der Waals surface area contributed by atoms with Crippen LogP contribution in [0.4, 0.5) is 22.7 Å². The minimum Gasteiger partial charge on any atom is -0.366 e. The van der Waals surface area contributed by atoms with E-state index in [4.69, 9.17) is 0 Å². The number of benzene rings is 1. The van der Waals surface area contributed by atoms with Crippen molar-refractivity contribution in [3.05, 3.63) is 32.4 Å². The van der Waals surface area contributed by atoms with Crippen LogP contribution in [0.5, 0.6) is 0 Å². The van der Waals surface area contributed by atoms with Crippen LogP contribution in [0.1, 0.15) is 19.3 Å². The van der Waals surface area contributed by atoms with Gasteiger partial charge in [-0.3, -0.25) is 25.0 Å². The fraction of sp³-hybridized carbons (Fsp3) is 0.417. The van der Waals surface area contributed by atoms with E-state index in [-0.39, 0.29) is 11.4 Å². The smallest absolute Gasteiger partial charge is 0.299 e. The summed E-state index contributed by atoms with van der Waals surface area (Å²) in [5, 5.41) is 24.4. The van der Waals surface area contributed by atoms with Crippen LogP contribution in [0.15, 0.2) is 12.1 Å². The van der Waals surface area contributed by atoms with Crippen LogP contribution in [-0.2, 0) is 4.79 Å². The third-order valence-electron chi connectivity index (χ3n) is 3.40. The molecule has 1 aliphatic rings. The molecule has 1 aliphatic heterocycles. The van der Waals surface area contributed by atoms with Crippen molar-refractivity contribution < 1.29 is 14.6 Å². The molecule has 0 spiro atoms. The number of rotatable bonds is 5. The SMILES string of the molecule is O=CNc1cc(N2CCCCC2)c([N+](=O)[O-])cc1[N+](=O)[O-].